The number of carbonyl (C=O) groups excluding carboxylic acids is 1. The summed E-state index contributed by atoms with van der Waals surface area (Å²) in [6, 6.07) is 0. The van der Waals surface area contributed by atoms with Crippen molar-refractivity contribution in [3.05, 3.63) is 0 Å². The zero-order valence-corrected chi connectivity index (χ0v) is 8.44. The Balaban J connectivity index is 2.13. The SMILES string of the molecule is CCCCNC(=O)[C@@H]1CCCNC1. The lowest BCUT2D eigenvalue weighted by Gasteiger charge is -2.21. The molecule has 0 aliphatic carbocycles. The molecule has 0 aromatic heterocycles. The van der Waals surface area contributed by atoms with E-state index < -0.39 is 0 Å². The van der Waals surface area contributed by atoms with E-state index in [1.807, 2.05) is 0 Å². The van der Waals surface area contributed by atoms with Gasteiger partial charge in [0.25, 0.3) is 0 Å². The largest absolute Gasteiger partial charge is 0.356 e. The van der Waals surface area contributed by atoms with Gasteiger partial charge in [0.05, 0.1) is 5.92 Å². The molecule has 1 atom stereocenters. The number of rotatable bonds is 4. The van der Waals surface area contributed by atoms with Gasteiger partial charge in [0, 0.05) is 13.1 Å². The fraction of sp³-hybridized carbons (Fsp3) is 0.900. The van der Waals surface area contributed by atoms with Crippen LogP contribution in [0.3, 0.4) is 0 Å². The van der Waals surface area contributed by atoms with Gasteiger partial charge in [-0.05, 0) is 25.8 Å². The van der Waals surface area contributed by atoms with Gasteiger partial charge in [-0.2, -0.15) is 0 Å². The molecule has 0 unspecified atom stereocenters. The summed E-state index contributed by atoms with van der Waals surface area (Å²) in [5.41, 5.74) is 0. The summed E-state index contributed by atoms with van der Waals surface area (Å²) in [5, 5.41) is 6.22. The topological polar surface area (TPSA) is 41.1 Å². The lowest BCUT2D eigenvalue weighted by atomic mass is 9.99. The smallest absolute Gasteiger partial charge is 0.224 e. The number of hydrogen-bond acceptors (Lipinski definition) is 2. The summed E-state index contributed by atoms with van der Waals surface area (Å²) in [6.07, 6.45) is 4.41. The number of carbonyl (C=O) groups is 1. The van der Waals surface area contributed by atoms with Gasteiger partial charge < -0.3 is 10.6 Å². The van der Waals surface area contributed by atoms with Crippen molar-refractivity contribution in [2.24, 2.45) is 5.92 Å². The molecule has 3 nitrogen and oxygen atoms in total. The summed E-state index contributed by atoms with van der Waals surface area (Å²) in [4.78, 5) is 11.5. The maximum Gasteiger partial charge on any atom is 0.224 e. The molecule has 3 heteroatoms. The van der Waals surface area contributed by atoms with E-state index in [0.717, 1.165) is 45.3 Å². The van der Waals surface area contributed by atoms with Crippen molar-refractivity contribution < 1.29 is 4.79 Å². The molecular formula is C10H20N2O. The van der Waals surface area contributed by atoms with Gasteiger partial charge in [-0.1, -0.05) is 13.3 Å². The van der Waals surface area contributed by atoms with E-state index >= 15 is 0 Å². The normalized spacial score (nSPS) is 22.7. The fourth-order valence-electron chi connectivity index (χ4n) is 1.61. The lowest BCUT2D eigenvalue weighted by Crippen LogP contribution is -2.40. The molecule has 2 N–H and O–H groups in total. The molecule has 0 aromatic carbocycles. The number of hydrogen-bond donors (Lipinski definition) is 2. The molecule has 1 rings (SSSR count). The van der Waals surface area contributed by atoms with Crippen LogP contribution >= 0.6 is 0 Å². The second-order valence-electron chi connectivity index (χ2n) is 3.69. The minimum Gasteiger partial charge on any atom is -0.356 e. The van der Waals surface area contributed by atoms with Gasteiger partial charge in [-0.15, -0.1) is 0 Å². The highest BCUT2D eigenvalue weighted by Crippen LogP contribution is 2.09. The highest BCUT2D eigenvalue weighted by molar-refractivity contribution is 5.78. The maximum absolute atomic E-state index is 11.5. The molecule has 1 saturated heterocycles. The van der Waals surface area contributed by atoms with Crippen molar-refractivity contribution in [2.45, 2.75) is 32.6 Å². The third-order valence-electron chi connectivity index (χ3n) is 2.50. The van der Waals surface area contributed by atoms with E-state index in [9.17, 15) is 4.79 Å². The first-order chi connectivity index (χ1) is 6.34. The third-order valence-corrected chi connectivity index (χ3v) is 2.50. The lowest BCUT2D eigenvalue weighted by molar-refractivity contribution is -0.125. The maximum atomic E-state index is 11.5. The van der Waals surface area contributed by atoms with Crippen LogP contribution in [0, 0.1) is 5.92 Å². The van der Waals surface area contributed by atoms with Crippen LogP contribution in [0.15, 0.2) is 0 Å². The van der Waals surface area contributed by atoms with Crippen LogP contribution in [0.4, 0.5) is 0 Å². The first kappa shape index (κ1) is 10.5. The van der Waals surface area contributed by atoms with E-state index in [1.165, 1.54) is 0 Å². The standard InChI is InChI=1S/C10H20N2O/c1-2-3-7-12-10(13)9-5-4-6-11-8-9/h9,11H,2-8H2,1H3,(H,12,13)/t9-/m1/s1. The minimum atomic E-state index is 0.214. The quantitative estimate of drug-likeness (QED) is 0.637. The molecule has 0 aromatic rings. The van der Waals surface area contributed by atoms with Crippen LogP contribution in [0.2, 0.25) is 0 Å². The summed E-state index contributed by atoms with van der Waals surface area (Å²) >= 11 is 0. The Morgan fingerprint density at radius 1 is 1.62 bits per heavy atom. The monoisotopic (exact) mass is 184 g/mol. The van der Waals surface area contributed by atoms with E-state index in [0.29, 0.717) is 0 Å². The van der Waals surface area contributed by atoms with E-state index in [4.69, 9.17) is 0 Å². The number of amides is 1. The van der Waals surface area contributed by atoms with Crippen molar-refractivity contribution in [1.29, 1.82) is 0 Å². The van der Waals surface area contributed by atoms with E-state index in [-0.39, 0.29) is 11.8 Å². The molecule has 1 heterocycles. The Hall–Kier alpha value is -0.570. The van der Waals surface area contributed by atoms with Gasteiger partial charge >= 0.3 is 0 Å². The molecule has 0 saturated carbocycles. The molecule has 0 radical (unpaired) electrons. The zero-order valence-electron chi connectivity index (χ0n) is 8.44. The van der Waals surface area contributed by atoms with Crippen molar-refractivity contribution in [3.63, 3.8) is 0 Å². The molecule has 1 aliphatic rings. The van der Waals surface area contributed by atoms with Crippen LogP contribution in [0.5, 0.6) is 0 Å². The van der Waals surface area contributed by atoms with E-state index in [2.05, 4.69) is 17.6 Å². The van der Waals surface area contributed by atoms with Crippen molar-refractivity contribution in [3.8, 4) is 0 Å². The first-order valence-corrected chi connectivity index (χ1v) is 5.33. The van der Waals surface area contributed by atoms with Gasteiger partial charge in [0.2, 0.25) is 5.91 Å². The van der Waals surface area contributed by atoms with Crippen molar-refractivity contribution in [1.82, 2.24) is 10.6 Å². The molecule has 1 fully saturated rings. The Morgan fingerprint density at radius 2 is 2.46 bits per heavy atom. The molecule has 1 amide bonds. The van der Waals surface area contributed by atoms with Crippen molar-refractivity contribution >= 4 is 5.91 Å². The first-order valence-electron chi connectivity index (χ1n) is 5.33. The Kier molecular flexibility index (Phi) is 4.83. The third kappa shape index (κ3) is 3.77. The molecule has 0 spiro atoms. The number of piperidine rings is 1. The summed E-state index contributed by atoms with van der Waals surface area (Å²) < 4.78 is 0. The fourth-order valence-corrected chi connectivity index (χ4v) is 1.61. The molecule has 0 bridgehead atoms. The van der Waals surface area contributed by atoms with Crippen LogP contribution < -0.4 is 10.6 Å². The minimum absolute atomic E-state index is 0.214. The molecule has 13 heavy (non-hydrogen) atoms. The second-order valence-corrected chi connectivity index (χ2v) is 3.69. The van der Waals surface area contributed by atoms with Gasteiger partial charge in [0.15, 0.2) is 0 Å². The van der Waals surface area contributed by atoms with Gasteiger partial charge in [-0.3, -0.25) is 4.79 Å². The Morgan fingerprint density at radius 3 is 3.08 bits per heavy atom. The van der Waals surface area contributed by atoms with Crippen LogP contribution in [-0.4, -0.2) is 25.5 Å². The second kappa shape index (κ2) is 5.97. The molecule has 76 valence electrons. The zero-order chi connectivity index (χ0) is 9.52. The van der Waals surface area contributed by atoms with Crippen LogP contribution in [0.25, 0.3) is 0 Å². The van der Waals surface area contributed by atoms with Gasteiger partial charge in [-0.25, -0.2) is 0 Å². The summed E-state index contributed by atoms with van der Waals surface area (Å²) in [5.74, 6) is 0.450. The average Bonchev–Trinajstić information content (AvgIpc) is 2.19. The summed E-state index contributed by atoms with van der Waals surface area (Å²) in [7, 11) is 0. The van der Waals surface area contributed by atoms with Gasteiger partial charge in [0.1, 0.15) is 0 Å². The highest BCUT2D eigenvalue weighted by atomic mass is 16.1. The number of nitrogens with one attached hydrogen (secondary N) is 2. The Bertz CT molecular complexity index is 153. The summed E-state index contributed by atoms with van der Waals surface area (Å²) in [6.45, 7) is 4.90. The van der Waals surface area contributed by atoms with E-state index in [1.54, 1.807) is 0 Å². The predicted octanol–water partition coefficient (Wildman–Crippen LogP) is 0.902. The number of unbranched alkanes of at least 4 members (excludes halogenated alkanes) is 1. The molecule has 1 aliphatic heterocycles. The van der Waals surface area contributed by atoms with Crippen LogP contribution in [0.1, 0.15) is 32.6 Å². The molecular weight excluding hydrogens is 164 g/mol. The highest BCUT2D eigenvalue weighted by Gasteiger charge is 2.19. The Labute approximate surface area is 80.3 Å². The predicted molar refractivity (Wildman–Crippen MR) is 53.5 cm³/mol. The van der Waals surface area contributed by atoms with Crippen LogP contribution in [-0.2, 0) is 4.79 Å². The average molecular weight is 184 g/mol. The van der Waals surface area contributed by atoms with Crippen molar-refractivity contribution in [2.75, 3.05) is 19.6 Å².